The van der Waals surface area contributed by atoms with Gasteiger partial charge in [-0.1, -0.05) is 5.16 Å². The molecule has 3 heterocycles. The van der Waals surface area contributed by atoms with E-state index in [-0.39, 0.29) is 12.5 Å². The Morgan fingerprint density at radius 3 is 3.00 bits per heavy atom. The van der Waals surface area contributed by atoms with Crippen LogP contribution in [-0.2, 0) is 29.0 Å². The van der Waals surface area contributed by atoms with Crippen molar-refractivity contribution in [2.75, 3.05) is 20.3 Å². The molecule has 0 unspecified atom stereocenters. The number of hydrogen-bond acceptors (Lipinski definition) is 4. The Balaban J connectivity index is 1.77. The number of ether oxygens (including phenoxy) is 1. The highest BCUT2D eigenvalue weighted by Crippen LogP contribution is 2.23. The van der Waals surface area contributed by atoms with E-state index in [2.05, 4.69) is 5.16 Å². The van der Waals surface area contributed by atoms with Gasteiger partial charge >= 0.3 is 0 Å². The van der Waals surface area contributed by atoms with Crippen LogP contribution in [0.5, 0.6) is 0 Å². The van der Waals surface area contributed by atoms with Crippen LogP contribution in [-0.4, -0.2) is 40.8 Å². The van der Waals surface area contributed by atoms with Crippen LogP contribution in [0.2, 0.25) is 0 Å². The third-order valence-corrected chi connectivity index (χ3v) is 3.53. The van der Waals surface area contributed by atoms with Gasteiger partial charge in [0.05, 0.1) is 13.1 Å². The number of methoxy groups -OCH3 is 1. The fourth-order valence-corrected chi connectivity index (χ4v) is 2.46. The van der Waals surface area contributed by atoms with Gasteiger partial charge < -0.3 is 18.7 Å². The molecule has 1 aliphatic rings. The lowest BCUT2D eigenvalue weighted by atomic mass is 10.1. The zero-order chi connectivity index (χ0) is 13.9. The van der Waals surface area contributed by atoms with Gasteiger partial charge in [0.1, 0.15) is 18.1 Å². The maximum Gasteiger partial charge on any atom is 0.248 e. The standard InChI is InChI=1S/C14H17N3O3/c1-19-10-14(18)17-7-4-13-11(8-17)12(15-20-13)9-16-5-2-3-6-16/h2-3,5-6H,4,7-10H2,1H3. The molecule has 2 aromatic rings. The van der Waals surface area contributed by atoms with Gasteiger partial charge in [0, 0.05) is 38.0 Å². The summed E-state index contributed by atoms with van der Waals surface area (Å²) in [4.78, 5) is 13.7. The van der Waals surface area contributed by atoms with Gasteiger partial charge in [-0.25, -0.2) is 0 Å². The minimum Gasteiger partial charge on any atom is -0.375 e. The summed E-state index contributed by atoms with van der Waals surface area (Å²) in [6.07, 6.45) is 4.68. The predicted octanol–water partition coefficient (Wildman–Crippen LogP) is 1.06. The average Bonchev–Trinajstić information content (AvgIpc) is 3.09. The van der Waals surface area contributed by atoms with E-state index in [9.17, 15) is 4.79 Å². The number of aromatic nitrogens is 2. The second kappa shape index (κ2) is 5.50. The average molecular weight is 275 g/mol. The van der Waals surface area contributed by atoms with E-state index >= 15 is 0 Å². The van der Waals surface area contributed by atoms with Crippen molar-refractivity contribution in [1.82, 2.24) is 14.6 Å². The zero-order valence-electron chi connectivity index (χ0n) is 11.4. The lowest BCUT2D eigenvalue weighted by Crippen LogP contribution is -2.38. The van der Waals surface area contributed by atoms with E-state index in [0.29, 0.717) is 26.1 Å². The summed E-state index contributed by atoms with van der Waals surface area (Å²) >= 11 is 0. The molecule has 1 aliphatic heterocycles. The van der Waals surface area contributed by atoms with Crippen LogP contribution in [0, 0.1) is 0 Å². The van der Waals surface area contributed by atoms with E-state index in [1.54, 1.807) is 4.90 Å². The van der Waals surface area contributed by atoms with Gasteiger partial charge in [-0.3, -0.25) is 4.79 Å². The maximum absolute atomic E-state index is 11.9. The molecule has 106 valence electrons. The Morgan fingerprint density at radius 1 is 1.45 bits per heavy atom. The summed E-state index contributed by atoms with van der Waals surface area (Å²) in [6.45, 7) is 2.00. The normalized spacial score (nSPS) is 14.3. The first-order valence-electron chi connectivity index (χ1n) is 6.61. The van der Waals surface area contributed by atoms with Crippen LogP contribution in [0.4, 0.5) is 0 Å². The van der Waals surface area contributed by atoms with Gasteiger partial charge in [0.2, 0.25) is 5.91 Å². The summed E-state index contributed by atoms with van der Waals surface area (Å²) in [5.41, 5.74) is 1.93. The van der Waals surface area contributed by atoms with Crippen molar-refractivity contribution in [3.05, 3.63) is 41.5 Å². The van der Waals surface area contributed by atoms with Crippen molar-refractivity contribution in [3.8, 4) is 0 Å². The lowest BCUT2D eigenvalue weighted by molar-refractivity contribution is -0.136. The predicted molar refractivity (Wildman–Crippen MR) is 71.0 cm³/mol. The topological polar surface area (TPSA) is 60.5 Å². The number of fused-ring (bicyclic) bond motifs is 1. The number of hydrogen-bond donors (Lipinski definition) is 0. The minimum atomic E-state index is 0.00580. The maximum atomic E-state index is 11.9. The second-order valence-corrected chi connectivity index (χ2v) is 4.88. The molecule has 0 aliphatic carbocycles. The molecule has 2 aromatic heterocycles. The number of carbonyl (C=O) groups excluding carboxylic acids is 1. The monoisotopic (exact) mass is 275 g/mol. The molecular weight excluding hydrogens is 258 g/mol. The Bertz CT molecular complexity index is 589. The molecule has 0 fully saturated rings. The third kappa shape index (κ3) is 2.46. The van der Waals surface area contributed by atoms with Gasteiger partial charge in [-0.05, 0) is 12.1 Å². The van der Waals surface area contributed by atoms with E-state index in [0.717, 1.165) is 17.0 Å². The number of rotatable bonds is 4. The van der Waals surface area contributed by atoms with Crippen molar-refractivity contribution >= 4 is 5.91 Å². The van der Waals surface area contributed by atoms with Crippen molar-refractivity contribution < 1.29 is 14.1 Å². The molecule has 0 saturated heterocycles. The van der Waals surface area contributed by atoms with Crippen LogP contribution >= 0.6 is 0 Å². The fraction of sp³-hybridized carbons (Fsp3) is 0.429. The molecule has 6 heteroatoms. The third-order valence-electron chi connectivity index (χ3n) is 3.53. The zero-order valence-corrected chi connectivity index (χ0v) is 11.4. The van der Waals surface area contributed by atoms with Crippen molar-refractivity contribution in [1.29, 1.82) is 0 Å². The highest BCUT2D eigenvalue weighted by atomic mass is 16.5. The Hall–Kier alpha value is -2.08. The van der Waals surface area contributed by atoms with Gasteiger partial charge in [0.25, 0.3) is 0 Å². The highest BCUT2D eigenvalue weighted by Gasteiger charge is 2.26. The largest absolute Gasteiger partial charge is 0.375 e. The molecule has 20 heavy (non-hydrogen) atoms. The van der Waals surface area contributed by atoms with E-state index in [4.69, 9.17) is 9.26 Å². The van der Waals surface area contributed by atoms with Gasteiger partial charge in [-0.15, -0.1) is 0 Å². The van der Waals surface area contributed by atoms with Gasteiger partial charge in [-0.2, -0.15) is 0 Å². The summed E-state index contributed by atoms with van der Waals surface area (Å²) in [5.74, 6) is 0.903. The van der Waals surface area contributed by atoms with Crippen LogP contribution in [0.15, 0.2) is 29.0 Å². The first kappa shape index (κ1) is 12.9. The molecular formula is C14H17N3O3. The summed E-state index contributed by atoms with van der Waals surface area (Å²) in [7, 11) is 1.53. The molecule has 0 saturated carbocycles. The quantitative estimate of drug-likeness (QED) is 0.837. The molecule has 0 radical (unpaired) electrons. The number of nitrogens with zero attached hydrogens (tertiary/aromatic N) is 3. The van der Waals surface area contributed by atoms with E-state index in [1.165, 1.54) is 7.11 Å². The van der Waals surface area contributed by atoms with E-state index in [1.807, 2.05) is 29.1 Å². The second-order valence-electron chi connectivity index (χ2n) is 4.88. The SMILES string of the molecule is COCC(=O)N1CCc2onc(Cn3cccc3)c2C1. The Morgan fingerprint density at radius 2 is 2.25 bits per heavy atom. The molecule has 0 aromatic carbocycles. The minimum absolute atomic E-state index is 0.00580. The molecule has 0 atom stereocenters. The Kier molecular flexibility index (Phi) is 3.56. The lowest BCUT2D eigenvalue weighted by Gasteiger charge is -2.26. The van der Waals surface area contributed by atoms with Crippen molar-refractivity contribution in [2.24, 2.45) is 0 Å². The first-order valence-corrected chi connectivity index (χ1v) is 6.61. The molecule has 0 spiro atoms. The molecule has 0 bridgehead atoms. The highest BCUT2D eigenvalue weighted by molar-refractivity contribution is 5.77. The summed E-state index contributed by atoms with van der Waals surface area (Å²) in [6, 6.07) is 3.95. The Labute approximate surface area is 116 Å². The summed E-state index contributed by atoms with van der Waals surface area (Å²) in [5, 5.41) is 4.15. The van der Waals surface area contributed by atoms with Crippen LogP contribution in [0.25, 0.3) is 0 Å². The molecule has 3 rings (SSSR count). The fourth-order valence-electron chi connectivity index (χ4n) is 2.46. The van der Waals surface area contributed by atoms with Crippen molar-refractivity contribution in [3.63, 3.8) is 0 Å². The number of carbonyl (C=O) groups is 1. The number of amides is 1. The van der Waals surface area contributed by atoms with Crippen molar-refractivity contribution in [2.45, 2.75) is 19.5 Å². The van der Waals surface area contributed by atoms with Crippen LogP contribution in [0.3, 0.4) is 0 Å². The van der Waals surface area contributed by atoms with Crippen LogP contribution < -0.4 is 0 Å². The first-order chi connectivity index (χ1) is 9.78. The molecule has 0 N–H and O–H groups in total. The van der Waals surface area contributed by atoms with Gasteiger partial charge in [0.15, 0.2) is 0 Å². The molecule has 1 amide bonds. The van der Waals surface area contributed by atoms with Crippen LogP contribution in [0.1, 0.15) is 17.0 Å². The summed E-state index contributed by atoms with van der Waals surface area (Å²) < 4.78 is 12.3. The molecule has 6 nitrogen and oxygen atoms in total. The van der Waals surface area contributed by atoms with E-state index < -0.39 is 0 Å². The smallest absolute Gasteiger partial charge is 0.248 e.